The number of allylic oxidation sites excluding steroid dienone is 2. The highest BCUT2D eigenvalue weighted by Gasteiger charge is 2.54. The van der Waals surface area contributed by atoms with Gasteiger partial charge in [-0.15, -0.1) is 0 Å². The number of benzene rings is 2. The number of amides is 1. The van der Waals surface area contributed by atoms with Gasteiger partial charge in [-0.1, -0.05) is 30.3 Å². The molecule has 0 bridgehead atoms. The number of phenolic OH excluding ortho intramolecular Hbond substituents is 1. The molecule has 10 nitrogen and oxygen atoms in total. The lowest BCUT2D eigenvalue weighted by Crippen LogP contribution is -2.53. The first-order valence-electron chi connectivity index (χ1n) is 14.2. The van der Waals surface area contributed by atoms with Gasteiger partial charge in [-0.2, -0.15) is 0 Å². The average molecular weight is 574 g/mol. The Hall–Kier alpha value is -3.99. The SMILES string of the molecule is CN(C)[C@@H]1C(O)=C(C(N)=O)C(=O)C2C(O)=C3C(=O)c4c(O)ccc(-c5ccc(CN6CCOCC6)cc5)c4CC3CC21. The Balaban J connectivity index is 1.38. The number of ketones is 2. The summed E-state index contributed by atoms with van der Waals surface area (Å²) in [6.07, 6.45) is 0.665. The molecule has 0 radical (unpaired) electrons. The number of ether oxygens (including phenoxy) is 1. The quantitative estimate of drug-likeness (QED) is 0.395. The van der Waals surface area contributed by atoms with E-state index in [2.05, 4.69) is 17.0 Å². The molecule has 1 aliphatic heterocycles. The Morgan fingerprint density at radius 3 is 2.36 bits per heavy atom. The molecule has 0 spiro atoms. The average Bonchev–Trinajstić information content (AvgIpc) is 2.93. The maximum atomic E-state index is 13.9. The molecule has 1 saturated heterocycles. The van der Waals surface area contributed by atoms with E-state index in [1.807, 2.05) is 12.1 Å². The molecule has 6 rings (SSSR count). The minimum Gasteiger partial charge on any atom is -0.511 e. The van der Waals surface area contributed by atoms with Gasteiger partial charge in [0.25, 0.3) is 5.91 Å². The molecule has 3 aliphatic carbocycles. The second kappa shape index (κ2) is 10.7. The van der Waals surface area contributed by atoms with Crippen LogP contribution < -0.4 is 5.73 Å². The van der Waals surface area contributed by atoms with Crippen LogP contribution in [0.3, 0.4) is 0 Å². The van der Waals surface area contributed by atoms with Crippen LogP contribution in [-0.2, 0) is 27.3 Å². The van der Waals surface area contributed by atoms with Crippen molar-refractivity contribution in [1.82, 2.24) is 9.80 Å². The highest BCUT2D eigenvalue weighted by atomic mass is 16.5. The number of morpholine rings is 1. The summed E-state index contributed by atoms with van der Waals surface area (Å²) in [5, 5.41) is 33.2. The van der Waals surface area contributed by atoms with Crippen molar-refractivity contribution >= 4 is 17.5 Å². The summed E-state index contributed by atoms with van der Waals surface area (Å²) in [5.41, 5.74) is 8.65. The van der Waals surface area contributed by atoms with E-state index >= 15 is 0 Å². The molecule has 4 aliphatic rings. The minimum absolute atomic E-state index is 0.0770. The third-order valence-corrected chi connectivity index (χ3v) is 9.23. The molecule has 0 saturated carbocycles. The number of aliphatic hydroxyl groups excluding tert-OH is 2. The van der Waals surface area contributed by atoms with Gasteiger partial charge in [0, 0.05) is 25.2 Å². The molecule has 2 aromatic carbocycles. The summed E-state index contributed by atoms with van der Waals surface area (Å²) < 4.78 is 5.44. The number of primary amides is 1. The van der Waals surface area contributed by atoms with Gasteiger partial charge in [-0.25, -0.2) is 0 Å². The van der Waals surface area contributed by atoms with Crippen molar-refractivity contribution in [2.45, 2.75) is 25.4 Å². The Kier molecular flexibility index (Phi) is 7.16. The van der Waals surface area contributed by atoms with E-state index in [4.69, 9.17) is 10.5 Å². The molecule has 0 aromatic heterocycles. The Labute approximate surface area is 243 Å². The van der Waals surface area contributed by atoms with Crippen molar-refractivity contribution in [3.05, 3.63) is 75.8 Å². The van der Waals surface area contributed by atoms with Crippen LogP contribution in [0, 0.1) is 17.8 Å². The molecule has 1 fully saturated rings. The number of likely N-dealkylation sites (N-methyl/N-ethyl adjacent to an activating group) is 1. The first-order valence-corrected chi connectivity index (χ1v) is 14.2. The maximum Gasteiger partial charge on any atom is 0.255 e. The fourth-order valence-electron chi connectivity index (χ4n) is 7.35. The predicted molar refractivity (Wildman–Crippen MR) is 154 cm³/mol. The van der Waals surface area contributed by atoms with Gasteiger partial charge in [-0.3, -0.25) is 24.2 Å². The third kappa shape index (κ3) is 4.50. The van der Waals surface area contributed by atoms with Crippen molar-refractivity contribution in [3.63, 3.8) is 0 Å². The maximum absolute atomic E-state index is 13.9. The highest BCUT2D eigenvalue weighted by molar-refractivity contribution is 6.22. The van der Waals surface area contributed by atoms with E-state index in [9.17, 15) is 29.7 Å². The number of hydrogen-bond acceptors (Lipinski definition) is 9. The van der Waals surface area contributed by atoms with E-state index in [-0.39, 0.29) is 16.9 Å². The summed E-state index contributed by atoms with van der Waals surface area (Å²) >= 11 is 0. The number of nitrogens with two attached hydrogens (primary N) is 1. The van der Waals surface area contributed by atoms with E-state index in [0.717, 1.165) is 49.5 Å². The van der Waals surface area contributed by atoms with Crippen LogP contribution in [0.4, 0.5) is 0 Å². The summed E-state index contributed by atoms with van der Waals surface area (Å²) in [4.78, 5) is 43.5. The number of fused-ring (bicyclic) bond motifs is 3. The molecule has 220 valence electrons. The lowest BCUT2D eigenvalue weighted by atomic mass is 9.60. The molecule has 5 N–H and O–H groups in total. The minimum atomic E-state index is -1.20. The monoisotopic (exact) mass is 573 g/mol. The fourth-order valence-corrected chi connectivity index (χ4v) is 7.35. The van der Waals surface area contributed by atoms with Crippen molar-refractivity contribution < 1.29 is 34.4 Å². The summed E-state index contributed by atoms with van der Waals surface area (Å²) in [7, 11) is 3.42. The van der Waals surface area contributed by atoms with Crippen molar-refractivity contribution in [1.29, 1.82) is 0 Å². The molecule has 1 heterocycles. The van der Waals surface area contributed by atoms with Gasteiger partial charge >= 0.3 is 0 Å². The number of carbonyl (C=O) groups excluding carboxylic acids is 3. The Bertz CT molecular complexity index is 1540. The fraction of sp³-hybridized carbons (Fsp3) is 0.406. The normalized spacial score (nSPS) is 26.3. The van der Waals surface area contributed by atoms with Crippen LogP contribution in [0.2, 0.25) is 0 Å². The number of aromatic hydroxyl groups is 1. The van der Waals surface area contributed by atoms with E-state index in [1.54, 1.807) is 25.1 Å². The van der Waals surface area contributed by atoms with Gasteiger partial charge in [0.15, 0.2) is 11.6 Å². The number of nitrogens with zero attached hydrogens (tertiary/aromatic N) is 2. The van der Waals surface area contributed by atoms with Crippen molar-refractivity contribution in [2.24, 2.45) is 23.5 Å². The van der Waals surface area contributed by atoms with Gasteiger partial charge in [0.05, 0.1) is 30.7 Å². The first kappa shape index (κ1) is 28.1. The van der Waals surface area contributed by atoms with Crippen LogP contribution in [0.1, 0.15) is 27.9 Å². The molecule has 10 heteroatoms. The van der Waals surface area contributed by atoms with E-state index in [0.29, 0.717) is 18.4 Å². The number of phenols is 1. The first-order chi connectivity index (χ1) is 20.1. The third-order valence-electron chi connectivity index (χ3n) is 9.23. The smallest absolute Gasteiger partial charge is 0.255 e. The van der Waals surface area contributed by atoms with Crippen LogP contribution in [-0.4, -0.2) is 89.0 Å². The van der Waals surface area contributed by atoms with Crippen LogP contribution in [0.15, 0.2) is 59.1 Å². The van der Waals surface area contributed by atoms with Gasteiger partial charge in [0.1, 0.15) is 22.8 Å². The molecular formula is C32H35N3O7. The zero-order valence-corrected chi connectivity index (χ0v) is 23.7. The van der Waals surface area contributed by atoms with Gasteiger partial charge in [-0.05, 0) is 67.1 Å². The van der Waals surface area contributed by atoms with Gasteiger partial charge in [0.2, 0.25) is 0 Å². The lowest BCUT2D eigenvalue weighted by Gasteiger charge is -2.46. The zero-order chi connectivity index (χ0) is 29.9. The Morgan fingerprint density at radius 1 is 1.02 bits per heavy atom. The molecule has 3 unspecified atom stereocenters. The lowest BCUT2D eigenvalue weighted by molar-refractivity contribution is -0.127. The summed E-state index contributed by atoms with van der Waals surface area (Å²) in [6.45, 7) is 4.05. The summed E-state index contributed by atoms with van der Waals surface area (Å²) in [6, 6.07) is 10.7. The van der Waals surface area contributed by atoms with Crippen LogP contribution in [0.5, 0.6) is 5.75 Å². The largest absolute Gasteiger partial charge is 0.511 e. The summed E-state index contributed by atoms with van der Waals surface area (Å²) in [5.74, 6) is -5.66. The van der Waals surface area contributed by atoms with E-state index in [1.165, 1.54) is 6.07 Å². The number of carbonyl (C=O) groups is 3. The standard InChI is InChI=1S/C32H35N3O7/c1-34(2)27-21-14-18-13-20-19(17-5-3-16(4-6-17)15-35-9-11-42-12-10-35)7-8-22(36)24(20)28(37)23(18)29(38)25(21)30(39)26(31(27)40)32(33)41/h3-8,18,21,25,27,36,38,40H,9-15H2,1-2H3,(H2,33,41)/t18?,21?,25?,27-/m0/s1. The van der Waals surface area contributed by atoms with E-state index < -0.39 is 58.4 Å². The number of Topliss-reactive ketones (excluding diaryl/α,β-unsaturated/α-hetero) is 2. The molecule has 4 atom stereocenters. The Morgan fingerprint density at radius 2 is 1.71 bits per heavy atom. The number of rotatable bonds is 5. The van der Waals surface area contributed by atoms with Crippen molar-refractivity contribution in [3.8, 4) is 16.9 Å². The highest BCUT2D eigenvalue weighted by Crippen LogP contribution is 2.51. The number of hydrogen-bond donors (Lipinski definition) is 4. The second-order valence-electron chi connectivity index (χ2n) is 11.9. The van der Waals surface area contributed by atoms with Crippen molar-refractivity contribution in [2.75, 3.05) is 40.4 Å². The van der Waals surface area contributed by atoms with Gasteiger partial charge < -0.3 is 25.8 Å². The molecule has 1 amide bonds. The second-order valence-corrected chi connectivity index (χ2v) is 11.9. The predicted octanol–water partition coefficient (Wildman–Crippen LogP) is 2.50. The topological polar surface area (TPSA) is 154 Å². The van der Waals surface area contributed by atoms with Crippen LogP contribution >= 0.6 is 0 Å². The molecule has 2 aromatic rings. The molecule has 42 heavy (non-hydrogen) atoms. The number of aliphatic hydroxyl groups is 2. The molecular weight excluding hydrogens is 538 g/mol. The van der Waals surface area contributed by atoms with Crippen LogP contribution in [0.25, 0.3) is 11.1 Å². The zero-order valence-electron chi connectivity index (χ0n) is 23.7.